The van der Waals surface area contributed by atoms with Crippen LogP contribution in [0.5, 0.6) is 11.5 Å². The van der Waals surface area contributed by atoms with Crippen molar-refractivity contribution in [3.8, 4) is 11.5 Å². The average molecular weight is 363 g/mol. The predicted molar refractivity (Wildman–Crippen MR) is 86.0 cm³/mol. The van der Waals surface area contributed by atoms with E-state index >= 15 is 0 Å². The molecule has 0 aliphatic heterocycles. The average Bonchev–Trinajstić information content (AvgIpc) is 2.49. The summed E-state index contributed by atoms with van der Waals surface area (Å²) in [6.07, 6.45) is 0. The van der Waals surface area contributed by atoms with Gasteiger partial charge in [0.05, 0.1) is 11.5 Å². The van der Waals surface area contributed by atoms with Crippen LogP contribution in [-0.2, 0) is 4.79 Å². The van der Waals surface area contributed by atoms with Crippen LogP contribution in [0.3, 0.4) is 0 Å². The molecule has 0 amide bonds. The second-order valence-corrected chi connectivity index (χ2v) is 5.84. The first-order valence-electron chi connectivity index (χ1n) is 6.76. The Morgan fingerprint density at radius 3 is 2.18 bits per heavy atom. The number of ether oxygens (including phenoxy) is 2. The molecule has 0 aliphatic carbocycles. The summed E-state index contributed by atoms with van der Waals surface area (Å²) in [5, 5.41) is 0. The van der Waals surface area contributed by atoms with Crippen LogP contribution in [0.4, 0.5) is 0 Å². The summed E-state index contributed by atoms with van der Waals surface area (Å²) >= 11 is 3.30. The zero-order chi connectivity index (χ0) is 16.1. The molecule has 2 aromatic carbocycles. The van der Waals surface area contributed by atoms with Crippen molar-refractivity contribution >= 4 is 27.9 Å². The smallest absolute Gasteiger partial charge is 0.343 e. The molecule has 0 aliphatic rings. The first-order chi connectivity index (χ1) is 10.5. The van der Waals surface area contributed by atoms with E-state index < -0.39 is 5.97 Å². The Bertz CT molecular complexity index is 695. The van der Waals surface area contributed by atoms with Crippen LogP contribution in [0.15, 0.2) is 53.0 Å². The predicted octanol–water partition coefficient (Wildman–Crippen LogP) is 4.23. The molecular formula is C17H15BrO4. The molecule has 0 saturated carbocycles. The van der Waals surface area contributed by atoms with Crippen LogP contribution in [0.25, 0.3) is 0 Å². The van der Waals surface area contributed by atoms with Crippen molar-refractivity contribution in [2.24, 2.45) is 5.92 Å². The number of carbonyl (C=O) groups excluding carboxylic acids is 2. The highest BCUT2D eigenvalue weighted by atomic mass is 79.9. The molecule has 0 radical (unpaired) electrons. The second-order valence-electron chi connectivity index (χ2n) is 4.92. The third kappa shape index (κ3) is 4.18. The molecule has 0 atom stereocenters. The number of halogens is 1. The molecule has 114 valence electrons. The Morgan fingerprint density at radius 2 is 1.59 bits per heavy atom. The largest absolute Gasteiger partial charge is 0.422 e. The summed E-state index contributed by atoms with van der Waals surface area (Å²) in [4.78, 5) is 23.9. The van der Waals surface area contributed by atoms with E-state index in [9.17, 15) is 9.59 Å². The molecule has 5 heteroatoms. The van der Waals surface area contributed by atoms with Gasteiger partial charge in [-0.05, 0) is 30.3 Å². The third-order valence-electron chi connectivity index (χ3n) is 2.79. The molecule has 0 aromatic heterocycles. The minimum absolute atomic E-state index is 0.210. The standard InChI is InChI=1S/C17H15BrO4/c1-11(2)16(19)21-14-8-3-4-9-15(14)22-17(20)12-6-5-7-13(18)10-12/h3-11H,1-2H3. The molecule has 4 nitrogen and oxygen atoms in total. The van der Waals surface area contributed by atoms with Crippen LogP contribution in [-0.4, -0.2) is 11.9 Å². The van der Waals surface area contributed by atoms with Gasteiger partial charge < -0.3 is 9.47 Å². The fourth-order valence-corrected chi connectivity index (χ4v) is 2.02. The Labute approximate surface area is 137 Å². The van der Waals surface area contributed by atoms with Crippen LogP contribution in [0.2, 0.25) is 0 Å². The second kappa shape index (κ2) is 7.22. The SMILES string of the molecule is CC(C)C(=O)Oc1ccccc1OC(=O)c1cccc(Br)c1. The van der Waals surface area contributed by atoms with E-state index in [1.54, 1.807) is 56.3 Å². The zero-order valence-corrected chi connectivity index (χ0v) is 13.8. The van der Waals surface area contributed by atoms with Gasteiger partial charge >= 0.3 is 11.9 Å². The number of benzene rings is 2. The van der Waals surface area contributed by atoms with Gasteiger partial charge in [0.25, 0.3) is 0 Å². The molecule has 0 unspecified atom stereocenters. The number of carbonyl (C=O) groups is 2. The lowest BCUT2D eigenvalue weighted by Gasteiger charge is -2.11. The number of hydrogen-bond acceptors (Lipinski definition) is 4. The molecule has 0 heterocycles. The molecule has 0 saturated heterocycles. The minimum atomic E-state index is -0.519. The summed E-state index contributed by atoms with van der Waals surface area (Å²) in [7, 11) is 0. The zero-order valence-electron chi connectivity index (χ0n) is 12.2. The van der Waals surface area contributed by atoms with Crippen LogP contribution >= 0.6 is 15.9 Å². The van der Waals surface area contributed by atoms with Gasteiger partial charge in [-0.3, -0.25) is 4.79 Å². The summed E-state index contributed by atoms with van der Waals surface area (Å²) in [5.74, 6) is -0.736. The molecule has 2 rings (SSSR count). The van der Waals surface area contributed by atoms with Crippen molar-refractivity contribution in [2.75, 3.05) is 0 Å². The highest BCUT2D eigenvalue weighted by Gasteiger charge is 2.16. The number of hydrogen-bond donors (Lipinski definition) is 0. The first kappa shape index (κ1) is 16.2. The summed E-state index contributed by atoms with van der Waals surface area (Å²) < 4.78 is 11.4. The fraction of sp³-hybridized carbons (Fsp3) is 0.176. The van der Waals surface area contributed by atoms with Gasteiger partial charge in [0.1, 0.15) is 0 Å². The molecule has 22 heavy (non-hydrogen) atoms. The van der Waals surface area contributed by atoms with E-state index in [-0.39, 0.29) is 23.4 Å². The Balaban J connectivity index is 2.19. The quantitative estimate of drug-likeness (QED) is 0.603. The molecule has 0 bridgehead atoms. The first-order valence-corrected chi connectivity index (χ1v) is 7.55. The van der Waals surface area contributed by atoms with E-state index in [0.717, 1.165) is 4.47 Å². The van der Waals surface area contributed by atoms with Gasteiger partial charge in [-0.25, -0.2) is 4.79 Å². The Kier molecular flexibility index (Phi) is 5.33. The highest BCUT2D eigenvalue weighted by Crippen LogP contribution is 2.28. The van der Waals surface area contributed by atoms with Crippen LogP contribution < -0.4 is 9.47 Å². The lowest BCUT2D eigenvalue weighted by molar-refractivity contribution is -0.137. The third-order valence-corrected chi connectivity index (χ3v) is 3.29. The number of esters is 2. The Hall–Kier alpha value is -2.14. The number of rotatable bonds is 4. The molecule has 2 aromatic rings. The Morgan fingerprint density at radius 1 is 0.955 bits per heavy atom. The van der Waals surface area contributed by atoms with E-state index in [2.05, 4.69) is 15.9 Å². The van der Waals surface area contributed by atoms with Gasteiger partial charge in [0.2, 0.25) is 0 Å². The number of para-hydroxylation sites is 2. The van der Waals surface area contributed by atoms with E-state index in [0.29, 0.717) is 5.56 Å². The van der Waals surface area contributed by atoms with Crippen molar-refractivity contribution in [1.82, 2.24) is 0 Å². The summed E-state index contributed by atoms with van der Waals surface area (Å²) in [6, 6.07) is 13.4. The van der Waals surface area contributed by atoms with Gasteiger partial charge in [-0.2, -0.15) is 0 Å². The molecule has 0 N–H and O–H groups in total. The van der Waals surface area contributed by atoms with E-state index in [1.807, 2.05) is 6.07 Å². The van der Waals surface area contributed by atoms with Crippen molar-refractivity contribution in [1.29, 1.82) is 0 Å². The highest BCUT2D eigenvalue weighted by molar-refractivity contribution is 9.10. The van der Waals surface area contributed by atoms with Gasteiger partial charge in [-0.1, -0.05) is 48.0 Å². The van der Waals surface area contributed by atoms with Crippen molar-refractivity contribution in [3.05, 3.63) is 58.6 Å². The monoisotopic (exact) mass is 362 g/mol. The summed E-state index contributed by atoms with van der Waals surface area (Å²) in [6.45, 7) is 3.47. The van der Waals surface area contributed by atoms with E-state index in [4.69, 9.17) is 9.47 Å². The normalized spacial score (nSPS) is 10.4. The summed E-state index contributed by atoms with van der Waals surface area (Å²) in [5.41, 5.74) is 0.402. The molecule has 0 fully saturated rings. The van der Waals surface area contributed by atoms with Crippen LogP contribution in [0.1, 0.15) is 24.2 Å². The van der Waals surface area contributed by atoms with E-state index in [1.165, 1.54) is 0 Å². The lowest BCUT2D eigenvalue weighted by Crippen LogP contribution is -2.16. The van der Waals surface area contributed by atoms with Crippen molar-refractivity contribution < 1.29 is 19.1 Å². The lowest BCUT2D eigenvalue weighted by atomic mass is 10.2. The maximum Gasteiger partial charge on any atom is 0.343 e. The molecule has 0 spiro atoms. The fourth-order valence-electron chi connectivity index (χ4n) is 1.62. The van der Waals surface area contributed by atoms with Gasteiger partial charge in [0, 0.05) is 4.47 Å². The van der Waals surface area contributed by atoms with Crippen LogP contribution in [0, 0.1) is 5.92 Å². The van der Waals surface area contributed by atoms with Crippen molar-refractivity contribution in [2.45, 2.75) is 13.8 Å². The maximum absolute atomic E-state index is 12.2. The van der Waals surface area contributed by atoms with Crippen molar-refractivity contribution in [3.63, 3.8) is 0 Å². The van der Waals surface area contributed by atoms with Gasteiger partial charge in [-0.15, -0.1) is 0 Å². The van der Waals surface area contributed by atoms with Gasteiger partial charge in [0.15, 0.2) is 11.5 Å². The topological polar surface area (TPSA) is 52.6 Å². The maximum atomic E-state index is 12.2. The molecular weight excluding hydrogens is 348 g/mol. The minimum Gasteiger partial charge on any atom is -0.422 e.